The van der Waals surface area contributed by atoms with Crippen LogP contribution in [0.3, 0.4) is 0 Å². The van der Waals surface area contributed by atoms with Crippen LogP contribution in [0.25, 0.3) is 0 Å². The number of thiocarbonyl (C=S) groups is 1. The van der Waals surface area contributed by atoms with Gasteiger partial charge in [-0.1, -0.05) is 37.5 Å². The van der Waals surface area contributed by atoms with Crippen LogP contribution in [-0.2, 0) is 0 Å². The molecular weight excluding hydrogens is 343 g/mol. The summed E-state index contributed by atoms with van der Waals surface area (Å²) in [6, 6.07) is 4.62. The molecule has 0 saturated heterocycles. The van der Waals surface area contributed by atoms with E-state index in [1.165, 1.54) is 6.07 Å². The minimum absolute atomic E-state index is 0.000531. The monoisotopic (exact) mass is 358 g/mol. The molecule has 3 nitrogen and oxygen atoms in total. The number of carbonyl (C=O) groups excluding carboxylic acids is 1. The number of nitrogens with two attached hydrogens (primary N) is 1. The first-order valence-corrected chi connectivity index (χ1v) is 7.73. The molecule has 1 aromatic rings. The van der Waals surface area contributed by atoms with Crippen molar-refractivity contribution in [2.75, 3.05) is 0 Å². The second kappa shape index (κ2) is 6.18. The summed E-state index contributed by atoms with van der Waals surface area (Å²) in [6.07, 6.45) is 4.44. The lowest BCUT2D eigenvalue weighted by Gasteiger charge is -2.37. The molecule has 3 N–H and O–H groups in total. The third-order valence-corrected chi connectivity index (χ3v) is 4.73. The summed E-state index contributed by atoms with van der Waals surface area (Å²) < 4.78 is 14.2. The van der Waals surface area contributed by atoms with E-state index in [0.29, 0.717) is 12.8 Å². The standard InChI is InChI=1S/C14H16BrFN2OS/c15-10-6-4-5-9(11(10)16)12(19)18-14(13(17)20)7-2-1-3-8-14/h4-6H,1-3,7-8H2,(H2,17,20)(H,18,19). The molecule has 1 aromatic carbocycles. The molecule has 6 heteroatoms. The Morgan fingerprint density at radius 2 is 2.00 bits per heavy atom. The number of carbonyl (C=O) groups is 1. The Bertz CT molecular complexity index is 544. The molecule has 0 spiro atoms. The fourth-order valence-electron chi connectivity index (χ4n) is 2.55. The summed E-state index contributed by atoms with van der Waals surface area (Å²) >= 11 is 8.19. The Morgan fingerprint density at radius 3 is 2.60 bits per heavy atom. The third-order valence-electron chi connectivity index (χ3n) is 3.73. The van der Waals surface area contributed by atoms with Crippen molar-refractivity contribution in [1.82, 2.24) is 5.32 Å². The fourth-order valence-corrected chi connectivity index (χ4v) is 3.17. The summed E-state index contributed by atoms with van der Waals surface area (Å²) in [6.45, 7) is 0. The molecule has 1 aliphatic rings. The number of hydrogen-bond acceptors (Lipinski definition) is 2. The highest BCUT2D eigenvalue weighted by atomic mass is 79.9. The van der Waals surface area contributed by atoms with Gasteiger partial charge in [-0.25, -0.2) is 4.39 Å². The quantitative estimate of drug-likeness (QED) is 0.815. The van der Waals surface area contributed by atoms with Crippen molar-refractivity contribution < 1.29 is 9.18 Å². The van der Waals surface area contributed by atoms with E-state index in [1.807, 2.05) is 0 Å². The molecule has 0 heterocycles. The van der Waals surface area contributed by atoms with Gasteiger partial charge in [-0.3, -0.25) is 4.79 Å². The van der Waals surface area contributed by atoms with Crippen LogP contribution < -0.4 is 11.1 Å². The maximum absolute atomic E-state index is 14.0. The third kappa shape index (κ3) is 3.01. The number of nitrogens with one attached hydrogen (secondary N) is 1. The van der Waals surface area contributed by atoms with E-state index in [1.54, 1.807) is 12.1 Å². The highest BCUT2D eigenvalue weighted by Crippen LogP contribution is 2.29. The summed E-state index contributed by atoms with van der Waals surface area (Å²) in [5, 5.41) is 2.85. The lowest BCUT2D eigenvalue weighted by Crippen LogP contribution is -2.57. The van der Waals surface area contributed by atoms with Crippen LogP contribution in [0.5, 0.6) is 0 Å². The van der Waals surface area contributed by atoms with Crippen molar-refractivity contribution >= 4 is 39.0 Å². The number of halogens is 2. The van der Waals surface area contributed by atoms with Crippen LogP contribution in [0.1, 0.15) is 42.5 Å². The van der Waals surface area contributed by atoms with E-state index < -0.39 is 17.3 Å². The zero-order valence-electron chi connectivity index (χ0n) is 10.9. The van der Waals surface area contributed by atoms with E-state index in [9.17, 15) is 9.18 Å². The van der Waals surface area contributed by atoms with Crippen LogP contribution >= 0.6 is 28.1 Å². The van der Waals surface area contributed by atoms with Gasteiger partial charge in [-0.05, 0) is 40.9 Å². The van der Waals surface area contributed by atoms with Gasteiger partial charge >= 0.3 is 0 Å². The number of hydrogen-bond donors (Lipinski definition) is 2. The Hall–Kier alpha value is -1.01. The summed E-state index contributed by atoms with van der Waals surface area (Å²) in [7, 11) is 0. The molecule has 0 atom stereocenters. The SMILES string of the molecule is NC(=S)C1(NC(=O)c2cccc(Br)c2F)CCCCC1. The Kier molecular flexibility index (Phi) is 4.75. The van der Waals surface area contributed by atoms with Crippen LogP contribution in [0.2, 0.25) is 0 Å². The average Bonchev–Trinajstić information content (AvgIpc) is 2.42. The molecule has 0 unspecified atom stereocenters. The highest BCUT2D eigenvalue weighted by Gasteiger charge is 2.37. The number of amides is 1. The van der Waals surface area contributed by atoms with E-state index in [-0.39, 0.29) is 15.0 Å². The minimum atomic E-state index is -0.681. The minimum Gasteiger partial charge on any atom is -0.391 e. The molecule has 1 fully saturated rings. The molecular formula is C14H16BrFN2OS. The predicted molar refractivity (Wildman–Crippen MR) is 84.2 cm³/mol. The maximum atomic E-state index is 14.0. The summed E-state index contributed by atoms with van der Waals surface area (Å²) in [4.78, 5) is 12.6. The first-order chi connectivity index (χ1) is 9.46. The fraction of sp³-hybridized carbons (Fsp3) is 0.429. The molecule has 108 valence electrons. The van der Waals surface area contributed by atoms with Crippen molar-refractivity contribution in [3.8, 4) is 0 Å². The van der Waals surface area contributed by atoms with E-state index in [0.717, 1.165) is 19.3 Å². The molecule has 1 aliphatic carbocycles. The van der Waals surface area contributed by atoms with Gasteiger partial charge in [-0.15, -0.1) is 0 Å². The molecule has 0 bridgehead atoms. The normalized spacial score (nSPS) is 17.5. The van der Waals surface area contributed by atoms with Gasteiger partial charge in [0.15, 0.2) is 0 Å². The van der Waals surface area contributed by atoms with Crippen LogP contribution in [-0.4, -0.2) is 16.4 Å². The van der Waals surface area contributed by atoms with E-state index in [4.69, 9.17) is 18.0 Å². The predicted octanol–water partition coefficient (Wildman–Crippen LogP) is 3.31. The highest BCUT2D eigenvalue weighted by molar-refractivity contribution is 9.10. The smallest absolute Gasteiger partial charge is 0.255 e. The van der Waals surface area contributed by atoms with Crippen molar-refractivity contribution in [1.29, 1.82) is 0 Å². The van der Waals surface area contributed by atoms with Gasteiger partial charge in [0.2, 0.25) is 0 Å². The average molecular weight is 359 g/mol. The maximum Gasteiger partial charge on any atom is 0.255 e. The Balaban J connectivity index is 2.25. The second-order valence-corrected chi connectivity index (χ2v) is 6.36. The largest absolute Gasteiger partial charge is 0.391 e. The van der Waals surface area contributed by atoms with Crippen molar-refractivity contribution in [3.63, 3.8) is 0 Å². The number of rotatable bonds is 3. The first-order valence-electron chi connectivity index (χ1n) is 6.53. The van der Waals surface area contributed by atoms with E-state index >= 15 is 0 Å². The van der Waals surface area contributed by atoms with Crippen LogP contribution in [0.15, 0.2) is 22.7 Å². The zero-order valence-corrected chi connectivity index (χ0v) is 13.3. The second-order valence-electron chi connectivity index (χ2n) is 5.06. The molecule has 1 saturated carbocycles. The van der Waals surface area contributed by atoms with Gasteiger partial charge in [0.1, 0.15) is 5.82 Å². The van der Waals surface area contributed by atoms with Crippen molar-refractivity contribution in [2.45, 2.75) is 37.6 Å². The molecule has 20 heavy (non-hydrogen) atoms. The Labute approximate surface area is 131 Å². The van der Waals surface area contributed by atoms with Crippen LogP contribution in [0, 0.1) is 5.82 Å². The van der Waals surface area contributed by atoms with Gasteiger partial charge in [0, 0.05) is 0 Å². The van der Waals surface area contributed by atoms with Gasteiger partial charge in [0.05, 0.1) is 20.6 Å². The first kappa shape index (κ1) is 15.4. The summed E-state index contributed by atoms with van der Waals surface area (Å²) in [5.41, 5.74) is 5.13. The van der Waals surface area contributed by atoms with Crippen molar-refractivity contribution in [3.05, 3.63) is 34.1 Å². The van der Waals surface area contributed by atoms with Gasteiger partial charge < -0.3 is 11.1 Å². The molecule has 1 amide bonds. The number of benzene rings is 1. The van der Waals surface area contributed by atoms with Gasteiger partial charge in [0.25, 0.3) is 5.91 Å². The van der Waals surface area contributed by atoms with E-state index in [2.05, 4.69) is 21.2 Å². The lowest BCUT2D eigenvalue weighted by molar-refractivity contribution is 0.0904. The Morgan fingerprint density at radius 1 is 1.35 bits per heavy atom. The summed E-state index contributed by atoms with van der Waals surface area (Å²) in [5.74, 6) is -1.04. The van der Waals surface area contributed by atoms with Gasteiger partial charge in [-0.2, -0.15) is 0 Å². The molecule has 0 aromatic heterocycles. The topological polar surface area (TPSA) is 55.1 Å². The molecule has 2 rings (SSSR count). The van der Waals surface area contributed by atoms with Crippen molar-refractivity contribution in [2.24, 2.45) is 5.73 Å². The molecule has 0 aliphatic heterocycles. The zero-order chi connectivity index (χ0) is 14.8. The molecule has 0 radical (unpaired) electrons. The van der Waals surface area contributed by atoms with Crippen LogP contribution in [0.4, 0.5) is 4.39 Å². The lowest BCUT2D eigenvalue weighted by atomic mass is 9.81.